The van der Waals surface area contributed by atoms with Gasteiger partial charge < -0.3 is 9.80 Å². The van der Waals surface area contributed by atoms with Gasteiger partial charge in [-0.1, -0.05) is 19.3 Å². The quantitative estimate of drug-likeness (QED) is 0.726. The summed E-state index contributed by atoms with van der Waals surface area (Å²) in [6, 6.07) is -0.479. The first kappa shape index (κ1) is 15.0. The van der Waals surface area contributed by atoms with Crippen molar-refractivity contribution in [1.82, 2.24) is 14.7 Å². The third-order valence-corrected chi connectivity index (χ3v) is 6.02. The Morgan fingerprint density at radius 1 is 0.913 bits per heavy atom. The summed E-state index contributed by atoms with van der Waals surface area (Å²) in [6.45, 7) is 1.91. The molecule has 4 aliphatic rings. The first-order valence-electron chi connectivity index (χ1n) is 9.09. The van der Waals surface area contributed by atoms with Crippen LogP contribution in [-0.4, -0.2) is 64.3 Å². The molecule has 0 spiro atoms. The average Bonchev–Trinajstić information content (AvgIpc) is 3.28. The highest BCUT2D eigenvalue weighted by Crippen LogP contribution is 2.32. The Morgan fingerprint density at radius 3 is 2.43 bits per heavy atom. The molecular weight excluding hydrogens is 294 g/mol. The van der Waals surface area contributed by atoms with Crippen molar-refractivity contribution in [2.75, 3.05) is 19.6 Å². The van der Waals surface area contributed by atoms with Gasteiger partial charge >= 0.3 is 6.03 Å². The number of fused-ring (bicyclic) bond motifs is 1. The second-order valence-corrected chi connectivity index (χ2v) is 7.40. The van der Waals surface area contributed by atoms with Crippen molar-refractivity contribution in [3.8, 4) is 0 Å². The highest BCUT2D eigenvalue weighted by molar-refractivity contribution is 6.05. The van der Waals surface area contributed by atoms with Crippen molar-refractivity contribution in [1.29, 1.82) is 0 Å². The van der Waals surface area contributed by atoms with E-state index < -0.39 is 0 Å². The van der Waals surface area contributed by atoms with Crippen LogP contribution in [0.5, 0.6) is 0 Å². The molecule has 1 saturated carbocycles. The summed E-state index contributed by atoms with van der Waals surface area (Å²) in [5.74, 6) is 0.367. The number of likely N-dealkylation sites (tertiary alicyclic amines) is 1. The number of urea groups is 1. The molecule has 0 aromatic carbocycles. The molecule has 3 aliphatic heterocycles. The summed E-state index contributed by atoms with van der Waals surface area (Å²) >= 11 is 0. The van der Waals surface area contributed by atoms with Crippen LogP contribution in [-0.2, 0) is 9.59 Å². The standard InChI is InChI=1S/C17H25N3O3/c21-15(12-5-2-1-3-6-12)18-10-8-13(11-18)20-16(22)14-7-4-9-19(14)17(20)23/h12-14H,1-11H2/t13-,14-/m0/s1. The Kier molecular flexibility index (Phi) is 3.77. The molecule has 0 aromatic rings. The molecule has 4 amide bonds. The Balaban J connectivity index is 1.41. The van der Waals surface area contributed by atoms with E-state index in [1.54, 1.807) is 4.90 Å². The summed E-state index contributed by atoms with van der Waals surface area (Å²) in [5.41, 5.74) is 0. The van der Waals surface area contributed by atoms with E-state index in [-0.39, 0.29) is 35.8 Å². The number of carbonyl (C=O) groups is 3. The van der Waals surface area contributed by atoms with Gasteiger partial charge in [0.15, 0.2) is 0 Å². The van der Waals surface area contributed by atoms with E-state index in [9.17, 15) is 14.4 Å². The van der Waals surface area contributed by atoms with E-state index in [2.05, 4.69) is 0 Å². The van der Waals surface area contributed by atoms with Gasteiger partial charge in [-0.3, -0.25) is 14.5 Å². The molecule has 4 rings (SSSR count). The molecule has 2 atom stereocenters. The van der Waals surface area contributed by atoms with Gasteiger partial charge in [0.2, 0.25) is 5.91 Å². The zero-order chi connectivity index (χ0) is 16.0. The summed E-state index contributed by atoms with van der Waals surface area (Å²) in [7, 11) is 0. The van der Waals surface area contributed by atoms with Crippen LogP contribution < -0.4 is 0 Å². The minimum Gasteiger partial charge on any atom is -0.340 e. The molecule has 6 heteroatoms. The van der Waals surface area contributed by atoms with Gasteiger partial charge in [-0.05, 0) is 32.1 Å². The van der Waals surface area contributed by atoms with Crippen LogP contribution in [0.3, 0.4) is 0 Å². The largest absolute Gasteiger partial charge is 0.340 e. The fraction of sp³-hybridized carbons (Fsp3) is 0.824. The lowest BCUT2D eigenvalue weighted by Gasteiger charge is -2.27. The molecule has 0 aromatic heterocycles. The van der Waals surface area contributed by atoms with E-state index in [0.717, 1.165) is 44.9 Å². The third-order valence-electron chi connectivity index (χ3n) is 6.02. The van der Waals surface area contributed by atoms with Crippen molar-refractivity contribution < 1.29 is 14.4 Å². The average molecular weight is 319 g/mol. The van der Waals surface area contributed by atoms with Crippen molar-refractivity contribution in [2.45, 2.75) is 63.5 Å². The Morgan fingerprint density at radius 2 is 1.70 bits per heavy atom. The van der Waals surface area contributed by atoms with Crippen LogP contribution >= 0.6 is 0 Å². The van der Waals surface area contributed by atoms with E-state index >= 15 is 0 Å². The van der Waals surface area contributed by atoms with E-state index in [4.69, 9.17) is 0 Å². The van der Waals surface area contributed by atoms with Crippen LogP contribution in [0, 0.1) is 5.92 Å². The SMILES string of the molecule is O=C(C1CCCCC1)N1CC[C@H](N2C(=O)[C@@H]3CCCN3C2=O)C1. The van der Waals surface area contributed by atoms with Crippen LogP contribution in [0.4, 0.5) is 4.79 Å². The number of hydrogen-bond donors (Lipinski definition) is 0. The number of imide groups is 1. The van der Waals surface area contributed by atoms with Gasteiger partial charge in [-0.15, -0.1) is 0 Å². The zero-order valence-corrected chi connectivity index (χ0v) is 13.6. The van der Waals surface area contributed by atoms with Crippen molar-refractivity contribution in [3.63, 3.8) is 0 Å². The lowest BCUT2D eigenvalue weighted by molar-refractivity contribution is -0.136. The maximum Gasteiger partial charge on any atom is 0.327 e. The number of hydrogen-bond acceptors (Lipinski definition) is 3. The van der Waals surface area contributed by atoms with E-state index in [1.165, 1.54) is 11.3 Å². The van der Waals surface area contributed by atoms with Gasteiger partial charge in [-0.2, -0.15) is 0 Å². The molecule has 126 valence electrons. The third kappa shape index (κ3) is 2.42. The topological polar surface area (TPSA) is 60.9 Å². The minimum atomic E-state index is -0.231. The fourth-order valence-electron chi connectivity index (χ4n) is 4.74. The predicted octanol–water partition coefficient (Wildman–Crippen LogP) is 1.59. The number of rotatable bonds is 2. The first-order valence-corrected chi connectivity index (χ1v) is 9.09. The highest BCUT2D eigenvalue weighted by atomic mass is 16.2. The maximum absolute atomic E-state index is 12.6. The van der Waals surface area contributed by atoms with Gasteiger partial charge in [0, 0.05) is 25.6 Å². The lowest BCUT2D eigenvalue weighted by atomic mass is 9.88. The molecule has 3 heterocycles. The predicted molar refractivity (Wildman–Crippen MR) is 83.5 cm³/mol. The fourth-order valence-corrected chi connectivity index (χ4v) is 4.74. The maximum atomic E-state index is 12.6. The van der Waals surface area contributed by atoms with Crippen molar-refractivity contribution in [3.05, 3.63) is 0 Å². The highest BCUT2D eigenvalue weighted by Gasteiger charge is 2.51. The Bertz CT molecular complexity index is 507. The molecule has 0 radical (unpaired) electrons. The molecule has 23 heavy (non-hydrogen) atoms. The van der Waals surface area contributed by atoms with Crippen LogP contribution in [0.15, 0.2) is 0 Å². The van der Waals surface area contributed by atoms with Gasteiger partial charge in [0.05, 0.1) is 6.04 Å². The minimum absolute atomic E-state index is 0.0375. The number of amides is 4. The normalized spacial score (nSPS) is 32.1. The molecule has 1 aliphatic carbocycles. The summed E-state index contributed by atoms with van der Waals surface area (Å²) in [6.07, 6.45) is 7.97. The van der Waals surface area contributed by atoms with Crippen molar-refractivity contribution >= 4 is 17.8 Å². The second kappa shape index (κ2) is 5.80. The van der Waals surface area contributed by atoms with Crippen LogP contribution in [0.1, 0.15) is 51.4 Å². The zero-order valence-electron chi connectivity index (χ0n) is 13.6. The van der Waals surface area contributed by atoms with Crippen LogP contribution in [0.25, 0.3) is 0 Å². The smallest absolute Gasteiger partial charge is 0.327 e. The first-order chi connectivity index (χ1) is 11.2. The molecule has 0 unspecified atom stereocenters. The molecular formula is C17H25N3O3. The number of nitrogens with zero attached hydrogens (tertiary/aromatic N) is 3. The van der Waals surface area contributed by atoms with E-state index in [1.807, 2.05) is 4.90 Å². The van der Waals surface area contributed by atoms with Gasteiger partial charge in [0.1, 0.15) is 6.04 Å². The van der Waals surface area contributed by atoms with Gasteiger partial charge in [-0.25, -0.2) is 4.79 Å². The van der Waals surface area contributed by atoms with E-state index in [0.29, 0.717) is 19.6 Å². The van der Waals surface area contributed by atoms with Gasteiger partial charge in [0.25, 0.3) is 5.91 Å². The van der Waals surface area contributed by atoms with Crippen LogP contribution in [0.2, 0.25) is 0 Å². The summed E-state index contributed by atoms with van der Waals surface area (Å²) in [4.78, 5) is 42.7. The molecule has 6 nitrogen and oxygen atoms in total. The molecule has 0 bridgehead atoms. The number of carbonyl (C=O) groups excluding carboxylic acids is 3. The molecule has 4 fully saturated rings. The lowest BCUT2D eigenvalue weighted by Crippen LogP contribution is -2.44. The monoisotopic (exact) mass is 319 g/mol. The molecule has 0 N–H and O–H groups in total. The molecule has 3 saturated heterocycles. The van der Waals surface area contributed by atoms with Crippen molar-refractivity contribution in [2.24, 2.45) is 5.92 Å². The Labute approximate surface area is 136 Å². The Hall–Kier alpha value is -1.59. The second-order valence-electron chi connectivity index (χ2n) is 7.40. The summed E-state index contributed by atoms with van der Waals surface area (Å²) < 4.78 is 0. The summed E-state index contributed by atoms with van der Waals surface area (Å²) in [5, 5.41) is 0.